The van der Waals surface area contributed by atoms with Crippen molar-refractivity contribution in [2.75, 3.05) is 25.6 Å². The quantitative estimate of drug-likeness (QED) is 0.748. The molecule has 0 unspecified atom stereocenters. The fourth-order valence-electron chi connectivity index (χ4n) is 2.84. The number of aryl methyl sites for hydroxylation is 1. The molecule has 1 fully saturated rings. The van der Waals surface area contributed by atoms with E-state index in [1.54, 1.807) is 24.1 Å². The average Bonchev–Trinajstić information content (AvgIpc) is 2.98. The van der Waals surface area contributed by atoms with Gasteiger partial charge < -0.3 is 10.1 Å². The largest absolute Gasteiger partial charge is 0.383 e. The Morgan fingerprint density at radius 3 is 2.69 bits per heavy atom. The minimum atomic E-state index is -0.624. The van der Waals surface area contributed by atoms with Crippen LogP contribution in [0.3, 0.4) is 0 Å². The number of carbonyl (C=O) groups excluding carboxylic acids is 2. The molecule has 0 radical (unpaired) electrons. The lowest BCUT2D eigenvalue weighted by atomic mass is 10.2. The first kappa shape index (κ1) is 21.0. The maximum absolute atomic E-state index is 13.8. The molecule has 0 saturated carbocycles. The molecule has 1 atom stereocenters. The summed E-state index contributed by atoms with van der Waals surface area (Å²) in [7, 11) is 1.56. The predicted molar refractivity (Wildman–Crippen MR) is 113 cm³/mol. The van der Waals surface area contributed by atoms with Crippen LogP contribution in [0.5, 0.6) is 0 Å². The lowest BCUT2D eigenvalue weighted by Gasteiger charge is -2.16. The van der Waals surface area contributed by atoms with Crippen LogP contribution in [0.2, 0.25) is 0 Å². The highest BCUT2D eigenvalue weighted by Crippen LogP contribution is 2.32. The molecule has 2 amide bonds. The van der Waals surface area contributed by atoms with Crippen molar-refractivity contribution in [3.8, 4) is 0 Å². The van der Waals surface area contributed by atoms with E-state index in [-0.39, 0.29) is 18.0 Å². The molecule has 1 aliphatic rings. The van der Waals surface area contributed by atoms with E-state index >= 15 is 0 Å². The molecule has 152 valence electrons. The topological polar surface area (TPSA) is 71.0 Å². The number of ether oxygens (including phenoxy) is 1. The zero-order valence-electron chi connectivity index (χ0n) is 16.2. The molecule has 0 aliphatic carbocycles. The highest BCUT2D eigenvalue weighted by atomic mass is 32.2. The first-order valence-electron chi connectivity index (χ1n) is 9.15. The number of methoxy groups -OCH3 is 1. The first-order chi connectivity index (χ1) is 14.0. The van der Waals surface area contributed by atoms with E-state index < -0.39 is 17.0 Å². The van der Waals surface area contributed by atoms with Gasteiger partial charge in [0.1, 0.15) is 11.1 Å². The van der Waals surface area contributed by atoms with Gasteiger partial charge >= 0.3 is 0 Å². The van der Waals surface area contributed by atoms with Gasteiger partial charge in [-0.3, -0.25) is 14.5 Å². The Hall–Kier alpha value is -2.71. The third-order valence-electron chi connectivity index (χ3n) is 4.39. The Kier molecular flexibility index (Phi) is 7.00. The number of carbonyl (C=O) groups is 2. The maximum Gasteiger partial charge on any atom is 0.242 e. The molecule has 1 saturated heterocycles. The van der Waals surface area contributed by atoms with Gasteiger partial charge in [-0.2, -0.15) is 0 Å². The molecule has 0 spiro atoms. The molecule has 3 rings (SSSR count). The molecule has 2 aromatic carbocycles. The van der Waals surface area contributed by atoms with Crippen LogP contribution >= 0.6 is 11.8 Å². The van der Waals surface area contributed by atoms with Gasteiger partial charge in [0.25, 0.3) is 0 Å². The molecule has 1 heterocycles. The molecular weight excluding hydrogens is 393 g/mol. The number of nitrogens with zero attached hydrogens (tertiary/aromatic N) is 2. The number of hydrogen-bond acceptors (Lipinski definition) is 5. The number of thioether (sulfide) groups is 1. The van der Waals surface area contributed by atoms with Crippen molar-refractivity contribution < 1.29 is 18.7 Å². The summed E-state index contributed by atoms with van der Waals surface area (Å²) in [5.74, 6) is -1.15. The summed E-state index contributed by atoms with van der Waals surface area (Å²) in [5, 5.41) is 2.44. The van der Waals surface area contributed by atoms with Gasteiger partial charge in [-0.15, -0.1) is 0 Å². The molecule has 1 N–H and O–H groups in total. The molecule has 6 nitrogen and oxygen atoms in total. The van der Waals surface area contributed by atoms with Gasteiger partial charge in [-0.25, -0.2) is 9.38 Å². The van der Waals surface area contributed by atoms with E-state index in [2.05, 4.69) is 10.3 Å². The zero-order valence-corrected chi connectivity index (χ0v) is 17.0. The van der Waals surface area contributed by atoms with E-state index in [4.69, 9.17) is 4.74 Å². The van der Waals surface area contributed by atoms with Crippen LogP contribution in [0.25, 0.3) is 0 Å². The van der Waals surface area contributed by atoms with Crippen molar-refractivity contribution in [2.45, 2.75) is 18.6 Å². The fourth-order valence-corrected chi connectivity index (χ4v) is 4.01. The van der Waals surface area contributed by atoms with Crippen molar-refractivity contribution >= 4 is 40.1 Å². The molecule has 0 bridgehead atoms. The van der Waals surface area contributed by atoms with Crippen LogP contribution < -0.4 is 5.32 Å². The van der Waals surface area contributed by atoms with Gasteiger partial charge in [0.2, 0.25) is 11.8 Å². The number of rotatable bonds is 7. The lowest BCUT2D eigenvalue weighted by Crippen LogP contribution is -2.35. The molecule has 1 aliphatic heterocycles. The minimum absolute atomic E-state index is 0.0753. The number of amidine groups is 1. The predicted octanol–water partition coefficient (Wildman–Crippen LogP) is 3.74. The van der Waals surface area contributed by atoms with Crippen LogP contribution in [0.15, 0.2) is 53.5 Å². The second-order valence-electron chi connectivity index (χ2n) is 6.50. The fraction of sp³-hybridized carbons (Fsp3) is 0.286. The summed E-state index contributed by atoms with van der Waals surface area (Å²) in [4.78, 5) is 31.4. The average molecular weight is 415 g/mol. The van der Waals surface area contributed by atoms with Gasteiger partial charge in [0.15, 0.2) is 5.17 Å². The van der Waals surface area contributed by atoms with Crippen LogP contribution in [0.1, 0.15) is 12.0 Å². The number of benzene rings is 2. The van der Waals surface area contributed by atoms with Crippen molar-refractivity contribution in [3.05, 3.63) is 59.9 Å². The van der Waals surface area contributed by atoms with Crippen molar-refractivity contribution in [3.63, 3.8) is 0 Å². The van der Waals surface area contributed by atoms with E-state index in [1.165, 1.54) is 23.9 Å². The smallest absolute Gasteiger partial charge is 0.242 e. The van der Waals surface area contributed by atoms with Gasteiger partial charge in [0, 0.05) is 13.5 Å². The normalized spacial score (nSPS) is 17.8. The molecule has 0 aromatic heterocycles. The number of aliphatic imine (C=N–C) groups is 1. The van der Waals surface area contributed by atoms with E-state index in [1.807, 2.05) is 31.2 Å². The number of amides is 2. The van der Waals surface area contributed by atoms with E-state index in [9.17, 15) is 14.0 Å². The first-order valence-corrected chi connectivity index (χ1v) is 10.0. The monoisotopic (exact) mass is 415 g/mol. The highest BCUT2D eigenvalue weighted by molar-refractivity contribution is 8.15. The third kappa shape index (κ3) is 5.21. The molecule has 8 heteroatoms. The summed E-state index contributed by atoms with van der Waals surface area (Å²) in [6.45, 7) is 2.64. The maximum atomic E-state index is 13.8. The SMILES string of the molecule is COCCN1C(=O)[C@H](CC(=O)Nc2ccccc2F)SC1=Nc1ccccc1C. The minimum Gasteiger partial charge on any atom is -0.383 e. The van der Waals surface area contributed by atoms with Gasteiger partial charge in [0.05, 0.1) is 24.5 Å². The van der Waals surface area contributed by atoms with Crippen LogP contribution in [0.4, 0.5) is 15.8 Å². The Labute approximate surface area is 173 Å². The summed E-state index contributed by atoms with van der Waals surface area (Å²) in [5.41, 5.74) is 1.85. The summed E-state index contributed by atoms with van der Waals surface area (Å²) in [6.07, 6.45) is -0.0753. The molecular formula is C21H22FN3O3S. The lowest BCUT2D eigenvalue weighted by molar-refractivity contribution is -0.128. The van der Waals surface area contributed by atoms with Crippen molar-refractivity contribution in [2.24, 2.45) is 4.99 Å². The van der Waals surface area contributed by atoms with E-state index in [0.717, 1.165) is 11.3 Å². The van der Waals surface area contributed by atoms with Crippen LogP contribution in [-0.4, -0.2) is 47.4 Å². The van der Waals surface area contributed by atoms with E-state index in [0.29, 0.717) is 18.3 Å². The Morgan fingerprint density at radius 1 is 1.24 bits per heavy atom. The second kappa shape index (κ2) is 9.67. The number of hydrogen-bond donors (Lipinski definition) is 1. The van der Waals surface area contributed by atoms with Crippen LogP contribution in [0, 0.1) is 12.7 Å². The molecule has 29 heavy (non-hydrogen) atoms. The summed E-state index contributed by atoms with van der Waals surface area (Å²) < 4.78 is 18.9. The Balaban J connectivity index is 1.76. The third-order valence-corrected chi connectivity index (χ3v) is 5.56. The zero-order chi connectivity index (χ0) is 20.8. The standard InChI is InChI=1S/C21H22FN3O3S/c1-14-7-3-5-9-16(14)24-21-25(11-12-28-2)20(27)18(29-21)13-19(26)23-17-10-6-4-8-15(17)22/h3-10,18H,11-13H2,1-2H3,(H,23,26)/t18-/m0/s1. The van der Waals surface area contributed by atoms with Gasteiger partial charge in [-0.05, 0) is 30.7 Å². The summed E-state index contributed by atoms with van der Waals surface area (Å²) in [6, 6.07) is 13.5. The second-order valence-corrected chi connectivity index (χ2v) is 7.67. The van der Waals surface area contributed by atoms with Gasteiger partial charge in [-0.1, -0.05) is 42.1 Å². The highest BCUT2D eigenvalue weighted by Gasteiger charge is 2.39. The number of para-hydroxylation sites is 2. The number of halogens is 1. The number of nitrogens with one attached hydrogen (secondary N) is 1. The number of anilines is 1. The van der Waals surface area contributed by atoms with Crippen LogP contribution in [-0.2, 0) is 14.3 Å². The van der Waals surface area contributed by atoms with Crippen molar-refractivity contribution in [1.29, 1.82) is 0 Å². The van der Waals surface area contributed by atoms with Crippen molar-refractivity contribution in [1.82, 2.24) is 4.90 Å². The molecule has 2 aromatic rings. The Bertz CT molecular complexity index is 935. The Morgan fingerprint density at radius 2 is 1.97 bits per heavy atom. The summed E-state index contributed by atoms with van der Waals surface area (Å²) >= 11 is 1.24.